The molecule has 0 radical (unpaired) electrons. The molecule has 222 valence electrons. The van der Waals surface area contributed by atoms with Crippen molar-refractivity contribution in [3.05, 3.63) is 119 Å². The second kappa shape index (κ2) is 12.1. The summed E-state index contributed by atoms with van der Waals surface area (Å²) in [6.45, 7) is 0. The first-order valence-corrected chi connectivity index (χ1v) is 16.2. The third-order valence-corrected chi connectivity index (χ3v) is 10.1. The van der Waals surface area contributed by atoms with E-state index >= 15 is 0 Å². The molecule has 10 nitrogen and oxygen atoms in total. The molecule has 2 unspecified atom stereocenters. The molecule has 0 heterocycles. The molecular weight excluding hydrogens is 592 g/mol. The molecular formula is C31H28N2O8S2. The molecule has 0 spiro atoms. The minimum absolute atomic E-state index is 0.0366. The minimum Gasteiger partial charge on any atom is -0.480 e. The number of benzene rings is 4. The Morgan fingerprint density at radius 1 is 0.605 bits per heavy atom. The number of carboxylic acids is 2. The standard InChI is InChI=1S/C31H28N2O8S2/c34-30(35)28(15-20-7-3-1-4-8-20)32-42(38,39)24-11-13-26-22(18-24)17-23-19-25(12-14-27(23)26)43(40,41)33-29(31(36)37)16-21-9-5-2-6-10-21/h1-14,18-19,28-29,32-33H,15-17H2,(H,34,35)(H,36,37). The summed E-state index contributed by atoms with van der Waals surface area (Å²) < 4.78 is 57.3. The molecule has 4 aromatic carbocycles. The first-order chi connectivity index (χ1) is 20.4. The van der Waals surface area contributed by atoms with E-state index in [1.165, 1.54) is 24.3 Å². The Morgan fingerprint density at radius 2 is 0.977 bits per heavy atom. The number of sulfonamides is 2. The van der Waals surface area contributed by atoms with Crippen LogP contribution in [0.15, 0.2) is 107 Å². The fourth-order valence-corrected chi connectivity index (χ4v) is 7.55. The number of hydrogen-bond acceptors (Lipinski definition) is 6. The van der Waals surface area contributed by atoms with Crippen molar-refractivity contribution in [1.82, 2.24) is 9.44 Å². The van der Waals surface area contributed by atoms with Crippen molar-refractivity contribution in [2.24, 2.45) is 0 Å². The van der Waals surface area contributed by atoms with E-state index in [0.717, 1.165) is 11.1 Å². The van der Waals surface area contributed by atoms with E-state index < -0.39 is 44.1 Å². The normalized spacial score (nSPS) is 14.0. The van der Waals surface area contributed by atoms with Gasteiger partial charge in [-0.15, -0.1) is 0 Å². The van der Waals surface area contributed by atoms with Crippen molar-refractivity contribution in [1.29, 1.82) is 0 Å². The zero-order valence-electron chi connectivity index (χ0n) is 22.7. The number of aliphatic carboxylic acids is 2. The summed E-state index contributed by atoms with van der Waals surface area (Å²) in [6, 6.07) is 23.5. The second-order valence-electron chi connectivity index (χ2n) is 10.2. The van der Waals surface area contributed by atoms with Crippen LogP contribution in [0.1, 0.15) is 22.3 Å². The predicted molar refractivity (Wildman–Crippen MR) is 158 cm³/mol. The Hall–Kier alpha value is -4.36. The van der Waals surface area contributed by atoms with Gasteiger partial charge in [-0.2, -0.15) is 9.44 Å². The van der Waals surface area contributed by atoms with Gasteiger partial charge < -0.3 is 10.2 Å². The fourth-order valence-electron chi connectivity index (χ4n) is 5.07. The average Bonchev–Trinajstić information content (AvgIpc) is 3.34. The molecule has 1 aliphatic rings. The Labute approximate surface area is 249 Å². The third kappa shape index (κ3) is 6.83. The number of carboxylic acid groups (broad SMARTS) is 2. The Kier molecular flexibility index (Phi) is 8.47. The van der Waals surface area contributed by atoms with Crippen molar-refractivity contribution >= 4 is 32.0 Å². The average molecular weight is 621 g/mol. The molecule has 0 aromatic heterocycles. The van der Waals surface area contributed by atoms with Crippen molar-refractivity contribution in [2.45, 2.75) is 41.1 Å². The lowest BCUT2D eigenvalue weighted by Gasteiger charge is -2.16. The van der Waals surface area contributed by atoms with Gasteiger partial charge in [0.2, 0.25) is 20.0 Å². The van der Waals surface area contributed by atoms with Gasteiger partial charge in [0.1, 0.15) is 12.1 Å². The highest BCUT2D eigenvalue weighted by atomic mass is 32.2. The van der Waals surface area contributed by atoms with E-state index in [9.17, 15) is 36.6 Å². The van der Waals surface area contributed by atoms with Gasteiger partial charge in [-0.3, -0.25) is 9.59 Å². The van der Waals surface area contributed by atoms with Crippen LogP contribution < -0.4 is 9.44 Å². The van der Waals surface area contributed by atoms with Gasteiger partial charge >= 0.3 is 11.9 Å². The Bertz CT molecular complexity index is 1760. The van der Waals surface area contributed by atoms with Gasteiger partial charge in [-0.25, -0.2) is 16.8 Å². The molecule has 12 heteroatoms. The van der Waals surface area contributed by atoms with Crippen LogP contribution in [0.3, 0.4) is 0 Å². The van der Waals surface area contributed by atoms with Gasteiger partial charge in [-0.1, -0.05) is 72.8 Å². The highest BCUT2D eigenvalue weighted by molar-refractivity contribution is 7.89. The van der Waals surface area contributed by atoms with E-state index in [1.54, 1.807) is 72.8 Å². The number of rotatable bonds is 12. The minimum atomic E-state index is -4.20. The number of fused-ring (bicyclic) bond motifs is 3. The topological polar surface area (TPSA) is 167 Å². The summed E-state index contributed by atoms with van der Waals surface area (Å²) in [5.74, 6) is -2.62. The van der Waals surface area contributed by atoms with Gasteiger partial charge in [-0.05, 0) is 76.9 Å². The fraction of sp³-hybridized carbons (Fsp3) is 0.161. The SMILES string of the molecule is O=C(O)C(Cc1ccccc1)NS(=O)(=O)c1ccc2c(c1)Cc1cc(S(=O)(=O)NC(Cc3ccccc3)C(=O)O)ccc1-2. The van der Waals surface area contributed by atoms with Gasteiger partial charge in [0, 0.05) is 0 Å². The van der Waals surface area contributed by atoms with Gasteiger partial charge in [0.25, 0.3) is 0 Å². The lowest BCUT2D eigenvalue weighted by Crippen LogP contribution is -2.42. The maximum atomic E-state index is 13.2. The molecule has 0 fully saturated rings. The number of hydrogen-bond donors (Lipinski definition) is 4. The summed E-state index contributed by atoms with van der Waals surface area (Å²) in [4.78, 5) is 23.5. The predicted octanol–water partition coefficient (Wildman–Crippen LogP) is 3.21. The highest BCUT2D eigenvalue weighted by Gasteiger charge is 2.30. The maximum absolute atomic E-state index is 13.2. The zero-order chi connectivity index (χ0) is 30.8. The van der Waals surface area contributed by atoms with Crippen molar-refractivity contribution in [3.63, 3.8) is 0 Å². The molecule has 0 aliphatic heterocycles. The van der Waals surface area contributed by atoms with E-state index in [-0.39, 0.29) is 29.1 Å². The van der Waals surface area contributed by atoms with Crippen LogP contribution in [0, 0.1) is 0 Å². The number of carbonyl (C=O) groups is 2. The van der Waals surface area contributed by atoms with E-state index in [4.69, 9.17) is 0 Å². The third-order valence-electron chi connectivity index (χ3n) is 7.20. The van der Waals surface area contributed by atoms with Crippen LogP contribution in [-0.4, -0.2) is 51.1 Å². The molecule has 0 bridgehead atoms. The van der Waals surface area contributed by atoms with Crippen molar-refractivity contribution in [3.8, 4) is 11.1 Å². The van der Waals surface area contributed by atoms with E-state index in [1.807, 2.05) is 0 Å². The highest BCUT2D eigenvalue weighted by Crippen LogP contribution is 2.38. The van der Waals surface area contributed by atoms with E-state index in [0.29, 0.717) is 22.3 Å². The molecule has 5 rings (SSSR count). The lowest BCUT2D eigenvalue weighted by atomic mass is 10.1. The molecule has 1 aliphatic carbocycles. The molecule has 0 saturated heterocycles. The summed E-state index contributed by atoms with van der Waals surface area (Å²) in [5, 5.41) is 19.3. The molecule has 0 amide bonds. The van der Waals surface area contributed by atoms with Crippen LogP contribution in [-0.2, 0) is 48.9 Å². The first kappa shape index (κ1) is 30.1. The molecule has 4 N–H and O–H groups in total. The van der Waals surface area contributed by atoms with Gasteiger partial charge in [0.05, 0.1) is 9.79 Å². The summed E-state index contributed by atoms with van der Waals surface area (Å²) in [7, 11) is -8.41. The van der Waals surface area contributed by atoms with Crippen LogP contribution in [0.4, 0.5) is 0 Å². The zero-order valence-corrected chi connectivity index (χ0v) is 24.3. The van der Waals surface area contributed by atoms with Crippen LogP contribution in [0.5, 0.6) is 0 Å². The first-order valence-electron chi connectivity index (χ1n) is 13.3. The Balaban J connectivity index is 1.34. The van der Waals surface area contributed by atoms with Crippen molar-refractivity contribution < 1.29 is 36.6 Å². The summed E-state index contributed by atoms with van der Waals surface area (Å²) in [6.07, 6.45) is 0.159. The molecule has 2 atom stereocenters. The molecule has 0 saturated carbocycles. The van der Waals surface area contributed by atoms with Crippen molar-refractivity contribution in [2.75, 3.05) is 0 Å². The Morgan fingerprint density at radius 3 is 1.33 bits per heavy atom. The summed E-state index contributed by atoms with van der Waals surface area (Å²) in [5.41, 5.74) is 4.02. The van der Waals surface area contributed by atoms with Crippen LogP contribution >= 0.6 is 0 Å². The maximum Gasteiger partial charge on any atom is 0.322 e. The monoisotopic (exact) mass is 620 g/mol. The molecule has 43 heavy (non-hydrogen) atoms. The lowest BCUT2D eigenvalue weighted by molar-refractivity contribution is -0.139. The quantitative estimate of drug-likeness (QED) is 0.165. The van der Waals surface area contributed by atoms with Crippen LogP contribution in [0.2, 0.25) is 0 Å². The summed E-state index contributed by atoms with van der Waals surface area (Å²) >= 11 is 0. The second-order valence-corrected chi connectivity index (χ2v) is 13.6. The van der Waals surface area contributed by atoms with E-state index in [2.05, 4.69) is 9.44 Å². The molecule has 4 aromatic rings. The van der Waals surface area contributed by atoms with Gasteiger partial charge in [0.15, 0.2) is 0 Å². The smallest absolute Gasteiger partial charge is 0.322 e. The number of nitrogens with one attached hydrogen (secondary N) is 2. The van der Waals surface area contributed by atoms with Crippen LogP contribution in [0.25, 0.3) is 11.1 Å². The largest absolute Gasteiger partial charge is 0.480 e.